The third kappa shape index (κ3) is 5.63. The van der Waals surface area contributed by atoms with Gasteiger partial charge in [0, 0.05) is 59.9 Å². The highest BCUT2D eigenvalue weighted by molar-refractivity contribution is 6.25. The van der Waals surface area contributed by atoms with E-state index in [-0.39, 0.29) is 0 Å². The first kappa shape index (κ1) is 37.8. The van der Waals surface area contributed by atoms with Crippen LogP contribution in [0.3, 0.4) is 0 Å². The molecule has 0 radical (unpaired) electrons. The Kier molecular flexibility index (Phi) is 7.97. The van der Waals surface area contributed by atoms with Gasteiger partial charge in [0.15, 0.2) is 17.5 Å². The van der Waals surface area contributed by atoms with Crippen molar-refractivity contribution in [1.82, 2.24) is 24.1 Å². The number of para-hydroxylation sites is 3. The third-order valence-electron chi connectivity index (χ3n) is 14.1. The molecule has 0 saturated heterocycles. The van der Waals surface area contributed by atoms with Crippen LogP contribution in [0.2, 0.25) is 0 Å². The maximum atomic E-state index is 7.15. The van der Waals surface area contributed by atoms with Gasteiger partial charge in [0.1, 0.15) is 11.2 Å². The minimum Gasteiger partial charge on any atom is -0.455 e. The first-order chi connectivity index (χ1) is 34.2. The van der Waals surface area contributed by atoms with Crippen molar-refractivity contribution >= 4 is 97.9 Å². The Bertz CT molecular complexity index is 4600. The molecule has 4 aromatic heterocycles. The Morgan fingerprint density at radius 2 is 0.913 bits per heavy atom. The second kappa shape index (κ2) is 14.6. The molecule has 0 fully saturated rings. The van der Waals surface area contributed by atoms with E-state index in [0.29, 0.717) is 17.5 Å². The molecule has 0 N–H and O–H groups in total. The van der Waals surface area contributed by atoms with E-state index in [1.807, 2.05) is 18.2 Å². The van der Waals surface area contributed by atoms with E-state index in [1.165, 1.54) is 37.7 Å². The van der Waals surface area contributed by atoms with Gasteiger partial charge in [-0.1, -0.05) is 170 Å². The van der Waals surface area contributed by atoms with Crippen molar-refractivity contribution in [2.75, 3.05) is 0 Å². The van der Waals surface area contributed by atoms with Crippen molar-refractivity contribution in [3.63, 3.8) is 0 Å². The van der Waals surface area contributed by atoms with E-state index < -0.39 is 0 Å². The summed E-state index contributed by atoms with van der Waals surface area (Å²) in [5, 5.41) is 13.9. The summed E-state index contributed by atoms with van der Waals surface area (Å²) in [6, 6.07) is 79.7. The topological polar surface area (TPSA) is 61.7 Å². The highest BCUT2D eigenvalue weighted by Gasteiger charge is 2.23. The smallest absolute Gasteiger partial charge is 0.167 e. The fourth-order valence-electron chi connectivity index (χ4n) is 11.0. The van der Waals surface area contributed by atoms with Gasteiger partial charge in [0.05, 0.1) is 33.3 Å². The van der Waals surface area contributed by atoms with Crippen LogP contribution < -0.4 is 0 Å². The summed E-state index contributed by atoms with van der Waals surface area (Å²) in [7, 11) is 0. The van der Waals surface area contributed by atoms with Crippen molar-refractivity contribution in [1.29, 1.82) is 0 Å². The molecule has 0 spiro atoms. The Morgan fingerprint density at radius 1 is 0.304 bits per heavy atom. The normalized spacial score (nSPS) is 12.1. The highest BCUT2D eigenvalue weighted by Crippen LogP contribution is 2.45. The van der Waals surface area contributed by atoms with Crippen LogP contribution in [0.4, 0.5) is 0 Å². The molecule has 0 aliphatic heterocycles. The number of nitrogens with zero attached hydrogens (tertiary/aromatic N) is 5. The van der Waals surface area contributed by atoms with Crippen molar-refractivity contribution in [2.45, 2.75) is 0 Å². The van der Waals surface area contributed by atoms with E-state index in [1.54, 1.807) is 0 Å². The van der Waals surface area contributed by atoms with Gasteiger partial charge >= 0.3 is 0 Å². The molecule has 15 aromatic rings. The van der Waals surface area contributed by atoms with Gasteiger partial charge < -0.3 is 13.6 Å². The zero-order chi connectivity index (χ0) is 45.2. The summed E-state index contributed by atoms with van der Waals surface area (Å²) in [4.78, 5) is 15.7. The number of rotatable bonds is 5. The third-order valence-corrected chi connectivity index (χ3v) is 14.1. The molecule has 320 valence electrons. The van der Waals surface area contributed by atoms with Crippen molar-refractivity contribution in [2.24, 2.45) is 0 Å². The van der Waals surface area contributed by atoms with E-state index in [9.17, 15) is 0 Å². The molecular formula is C63H37N5O. The second-order valence-electron chi connectivity index (χ2n) is 17.9. The van der Waals surface area contributed by atoms with Crippen LogP contribution in [0.15, 0.2) is 229 Å². The number of hydrogen-bond donors (Lipinski definition) is 0. The quantitative estimate of drug-likeness (QED) is 0.173. The molecule has 6 heteroatoms. The summed E-state index contributed by atoms with van der Waals surface area (Å²) in [6.07, 6.45) is 0. The lowest BCUT2D eigenvalue weighted by Crippen LogP contribution is -2.00. The lowest BCUT2D eigenvalue weighted by atomic mass is 10.0. The fraction of sp³-hybridized carbons (Fsp3) is 0. The predicted octanol–water partition coefficient (Wildman–Crippen LogP) is 16.4. The van der Waals surface area contributed by atoms with Crippen LogP contribution in [0, 0.1) is 0 Å². The fourth-order valence-corrected chi connectivity index (χ4v) is 11.0. The minimum atomic E-state index is 0.540. The number of furan rings is 1. The number of hydrogen-bond acceptors (Lipinski definition) is 4. The summed E-state index contributed by atoms with van der Waals surface area (Å²) >= 11 is 0. The first-order valence-corrected chi connectivity index (χ1v) is 23.3. The molecular weight excluding hydrogens is 843 g/mol. The van der Waals surface area contributed by atoms with Gasteiger partial charge in [0.2, 0.25) is 0 Å². The Morgan fingerprint density at radius 3 is 1.74 bits per heavy atom. The van der Waals surface area contributed by atoms with Crippen molar-refractivity contribution in [3.05, 3.63) is 224 Å². The first-order valence-electron chi connectivity index (χ1n) is 23.3. The van der Waals surface area contributed by atoms with E-state index in [0.717, 1.165) is 88.2 Å². The minimum absolute atomic E-state index is 0.540. The standard InChI is InChI=1S/C63H37N5O/c1-3-17-39(18-4-1)61-64-62(42-30-32-47-45-24-13-14-29-53(45)67(55(47)36-42)43-21-5-2-6-22-43)66-63(65-61)50-28-15-27-49-51-37-57(46-25-11-12-26-48(46)60(51)69-59(49)50)68-54-33-31-38-16-9-10-23-44(38)58(54)52-34-40-19-7-8-20-41(40)35-56(52)68/h1-37H. The molecule has 4 heterocycles. The number of fused-ring (bicyclic) bond motifs is 14. The maximum Gasteiger partial charge on any atom is 0.167 e. The highest BCUT2D eigenvalue weighted by atomic mass is 16.3. The van der Waals surface area contributed by atoms with Gasteiger partial charge in [-0.15, -0.1) is 0 Å². The molecule has 0 unspecified atom stereocenters. The zero-order valence-corrected chi connectivity index (χ0v) is 37.0. The SMILES string of the molecule is c1ccc(-c2nc(-c3ccc4c5ccccc5n(-c5ccccc5)c4c3)nc(-c3cccc4c3oc3c5ccccc5c(-n5c6cc7ccccc7cc6c6c7ccccc7ccc65)cc43)n2)cc1. The molecule has 0 aliphatic carbocycles. The largest absolute Gasteiger partial charge is 0.455 e. The zero-order valence-electron chi connectivity index (χ0n) is 37.0. The summed E-state index contributed by atoms with van der Waals surface area (Å²) in [5.74, 6) is 1.71. The molecule has 69 heavy (non-hydrogen) atoms. The molecule has 11 aromatic carbocycles. The molecule has 0 aliphatic rings. The summed E-state index contributed by atoms with van der Waals surface area (Å²) in [5.41, 5.74) is 10.9. The monoisotopic (exact) mass is 879 g/mol. The molecule has 0 saturated carbocycles. The van der Waals surface area contributed by atoms with Crippen LogP contribution in [0.5, 0.6) is 0 Å². The van der Waals surface area contributed by atoms with Gasteiger partial charge in [-0.3, -0.25) is 0 Å². The van der Waals surface area contributed by atoms with Crippen LogP contribution in [-0.2, 0) is 0 Å². The number of benzene rings is 11. The molecule has 15 rings (SSSR count). The van der Waals surface area contributed by atoms with Gasteiger partial charge in [-0.05, 0) is 76.1 Å². The van der Waals surface area contributed by atoms with Crippen LogP contribution in [0.25, 0.3) is 143 Å². The average Bonchev–Trinajstić information content (AvgIpc) is 4.08. The lowest BCUT2D eigenvalue weighted by Gasteiger charge is -2.13. The van der Waals surface area contributed by atoms with Crippen molar-refractivity contribution < 1.29 is 4.42 Å². The van der Waals surface area contributed by atoms with Crippen LogP contribution in [0.1, 0.15) is 0 Å². The van der Waals surface area contributed by atoms with E-state index in [2.05, 4.69) is 215 Å². The molecule has 0 bridgehead atoms. The predicted molar refractivity (Wildman–Crippen MR) is 285 cm³/mol. The molecule has 6 nitrogen and oxygen atoms in total. The van der Waals surface area contributed by atoms with Crippen LogP contribution in [-0.4, -0.2) is 24.1 Å². The van der Waals surface area contributed by atoms with Crippen LogP contribution >= 0.6 is 0 Å². The Hall–Kier alpha value is -9.39. The molecule has 0 atom stereocenters. The summed E-state index contributed by atoms with van der Waals surface area (Å²) in [6.45, 7) is 0. The van der Waals surface area contributed by atoms with Crippen molar-refractivity contribution in [3.8, 4) is 45.5 Å². The second-order valence-corrected chi connectivity index (χ2v) is 17.9. The Labute approximate surface area is 394 Å². The average molecular weight is 880 g/mol. The summed E-state index contributed by atoms with van der Waals surface area (Å²) < 4.78 is 11.9. The maximum absolute atomic E-state index is 7.15. The van der Waals surface area contributed by atoms with Gasteiger partial charge in [0.25, 0.3) is 0 Å². The molecule has 0 amide bonds. The van der Waals surface area contributed by atoms with Gasteiger partial charge in [-0.25, -0.2) is 15.0 Å². The van der Waals surface area contributed by atoms with E-state index >= 15 is 0 Å². The van der Waals surface area contributed by atoms with E-state index in [4.69, 9.17) is 19.4 Å². The lowest BCUT2D eigenvalue weighted by molar-refractivity contribution is 0.673. The van der Waals surface area contributed by atoms with Gasteiger partial charge in [-0.2, -0.15) is 0 Å². The number of aromatic nitrogens is 5. The Balaban J connectivity index is 0.978.